The lowest BCUT2D eigenvalue weighted by Gasteiger charge is -2.06. The Labute approximate surface area is 107 Å². The molecule has 0 aromatic carbocycles. The molecule has 2 rings (SSSR count). The molecule has 4 heteroatoms. The van der Waals surface area contributed by atoms with Gasteiger partial charge in [-0.2, -0.15) is 0 Å². The van der Waals surface area contributed by atoms with Gasteiger partial charge in [-0.1, -0.05) is 13.3 Å². The Bertz CT molecular complexity index is 543. The molecule has 0 saturated carbocycles. The number of hydrogen-bond acceptors (Lipinski definition) is 4. The molecule has 2 N–H and O–H groups in total. The van der Waals surface area contributed by atoms with Crippen molar-refractivity contribution in [3.8, 4) is 11.5 Å². The van der Waals surface area contributed by atoms with Crippen molar-refractivity contribution in [1.29, 1.82) is 0 Å². The van der Waals surface area contributed by atoms with E-state index >= 15 is 0 Å². The smallest absolute Gasteiger partial charge is 0.180 e. The predicted octanol–water partition coefficient (Wildman–Crippen LogP) is 2.69. The molecule has 0 fully saturated rings. The van der Waals surface area contributed by atoms with Gasteiger partial charge in [-0.3, -0.25) is 0 Å². The Morgan fingerprint density at radius 1 is 1.06 bits per heavy atom. The predicted molar refractivity (Wildman–Crippen MR) is 73.1 cm³/mol. The molecule has 0 unspecified atom stereocenters. The van der Waals surface area contributed by atoms with E-state index < -0.39 is 0 Å². The van der Waals surface area contributed by atoms with Crippen LogP contribution in [0.15, 0.2) is 18.2 Å². The molecule has 2 aromatic heterocycles. The summed E-state index contributed by atoms with van der Waals surface area (Å²) in [6, 6.07) is 5.84. The molecule has 94 valence electrons. The van der Waals surface area contributed by atoms with Gasteiger partial charge in [0.2, 0.25) is 0 Å². The summed E-state index contributed by atoms with van der Waals surface area (Å²) in [5.74, 6) is 1.12. The number of nitrogens with two attached hydrogens (primary N) is 1. The van der Waals surface area contributed by atoms with Crippen molar-refractivity contribution in [2.75, 3.05) is 5.73 Å². The average Bonchev–Trinajstić information content (AvgIpc) is 2.27. The summed E-state index contributed by atoms with van der Waals surface area (Å²) in [7, 11) is 0. The van der Waals surface area contributed by atoms with Crippen LogP contribution in [0.25, 0.3) is 11.5 Å². The van der Waals surface area contributed by atoms with Crippen molar-refractivity contribution in [2.45, 2.75) is 33.6 Å². The lowest BCUT2D eigenvalue weighted by molar-refractivity contribution is 0.875. The van der Waals surface area contributed by atoms with E-state index in [1.165, 1.54) is 0 Å². The fourth-order valence-corrected chi connectivity index (χ4v) is 1.97. The van der Waals surface area contributed by atoms with Crippen LogP contribution in [0.2, 0.25) is 0 Å². The van der Waals surface area contributed by atoms with Crippen LogP contribution in [0, 0.1) is 13.8 Å². The van der Waals surface area contributed by atoms with Crippen LogP contribution in [-0.4, -0.2) is 15.0 Å². The second kappa shape index (κ2) is 5.12. The number of nitrogen functional groups attached to an aromatic ring is 1. The maximum atomic E-state index is 5.82. The highest BCUT2D eigenvalue weighted by Gasteiger charge is 2.07. The third-order valence-electron chi connectivity index (χ3n) is 2.63. The van der Waals surface area contributed by atoms with Crippen molar-refractivity contribution in [1.82, 2.24) is 15.0 Å². The molecule has 0 saturated heterocycles. The van der Waals surface area contributed by atoms with Gasteiger partial charge in [-0.05, 0) is 38.0 Å². The van der Waals surface area contributed by atoms with Gasteiger partial charge in [0.15, 0.2) is 5.82 Å². The zero-order valence-electron chi connectivity index (χ0n) is 11.1. The van der Waals surface area contributed by atoms with Gasteiger partial charge in [0, 0.05) is 17.5 Å². The summed E-state index contributed by atoms with van der Waals surface area (Å²) in [6.45, 7) is 6.13. The van der Waals surface area contributed by atoms with Gasteiger partial charge in [-0.25, -0.2) is 15.0 Å². The first-order valence-electron chi connectivity index (χ1n) is 6.17. The molecular formula is C14H18N4. The van der Waals surface area contributed by atoms with Crippen LogP contribution in [0.4, 0.5) is 5.82 Å². The molecule has 0 aliphatic carbocycles. The maximum Gasteiger partial charge on any atom is 0.180 e. The summed E-state index contributed by atoms with van der Waals surface area (Å²) in [6.07, 6.45) is 1.95. The highest BCUT2D eigenvalue weighted by Crippen LogP contribution is 2.17. The molecule has 0 aliphatic heterocycles. The lowest BCUT2D eigenvalue weighted by atomic mass is 10.2. The monoisotopic (exact) mass is 242 g/mol. The number of hydrogen-bond donors (Lipinski definition) is 1. The highest BCUT2D eigenvalue weighted by atomic mass is 15.0. The van der Waals surface area contributed by atoms with Crippen molar-refractivity contribution in [3.63, 3.8) is 0 Å². The minimum Gasteiger partial charge on any atom is -0.384 e. The second-order valence-corrected chi connectivity index (χ2v) is 4.53. The molecule has 0 radical (unpaired) electrons. The Hall–Kier alpha value is -1.97. The minimum atomic E-state index is 0.504. The SMILES string of the molecule is CCCc1cc(N)nc(-c2cc(C)cc(C)n2)n1. The molecule has 2 heterocycles. The highest BCUT2D eigenvalue weighted by molar-refractivity contribution is 5.53. The number of rotatable bonds is 3. The standard InChI is InChI=1S/C14H18N4/c1-4-5-11-8-13(15)18-14(17-11)12-7-9(2)6-10(3)16-12/h6-8H,4-5H2,1-3H3,(H2,15,17,18). The van der Waals surface area contributed by atoms with Gasteiger partial charge in [0.05, 0.1) is 0 Å². The van der Waals surface area contributed by atoms with E-state index in [4.69, 9.17) is 5.73 Å². The van der Waals surface area contributed by atoms with Crippen molar-refractivity contribution >= 4 is 5.82 Å². The number of anilines is 1. The van der Waals surface area contributed by atoms with E-state index in [1.807, 2.05) is 32.0 Å². The summed E-state index contributed by atoms with van der Waals surface area (Å²) in [4.78, 5) is 13.3. The molecule has 0 amide bonds. The van der Waals surface area contributed by atoms with Gasteiger partial charge in [-0.15, -0.1) is 0 Å². The van der Waals surface area contributed by atoms with Crippen LogP contribution in [-0.2, 0) is 6.42 Å². The van der Waals surface area contributed by atoms with Crippen LogP contribution >= 0.6 is 0 Å². The van der Waals surface area contributed by atoms with Gasteiger partial charge >= 0.3 is 0 Å². The normalized spacial score (nSPS) is 10.6. The van der Waals surface area contributed by atoms with Gasteiger partial charge in [0.1, 0.15) is 11.5 Å². The van der Waals surface area contributed by atoms with Crippen LogP contribution in [0.5, 0.6) is 0 Å². The average molecular weight is 242 g/mol. The first-order chi connectivity index (χ1) is 8.58. The van der Waals surface area contributed by atoms with E-state index in [0.29, 0.717) is 11.6 Å². The molecule has 0 bridgehead atoms. The Morgan fingerprint density at radius 2 is 1.83 bits per heavy atom. The molecule has 0 aliphatic rings. The molecule has 4 nitrogen and oxygen atoms in total. The molecular weight excluding hydrogens is 224 g/mol. The zero-order chi connectivity index (χ0) is 13.1. The second-order valence-electron chi connectivity index (χ2n) is 4.53. The van der Waals surface area contributed by atoms with E-state index in [9.17, 15) is 0 Å². The molecule has 2 aromatic rings. The maximum absolute atomic E-state index is 5.82. The fraction of sp³-hybridized carbons (Fsp3) is 0.357. The number of nitrogens with zero attached hydrogens (tertiary/aromatic N) is 3. The largest absolute Gasteiger partial charge is 0.384 e. The summed E-state index contributed by atoms with van der Waals surface area (Å²) in [5.41, 5.74) is 9.71. The summed E-state index contributed by atoms with van der Waals surface area (Å²) >= 11 is 0. The summed E-state index contributed by atoms with van der Waals surface area (Å²) < 4.78 is 0. The minimum absolute atomic E-state index is 0.504. The topological polar surface area (TPSA) is 64.7 Å². The zero-order valence-corrected chi connectivity index (χ0v) is 11.1. The fourth-order valence-electron chi connectivity index (χ4n) is 1.97. The Morgan fingerprint density at radius 3 is 2.50 bits per heavy atom. The van der Waals surface area contributed by atoms with Gasteiger partial charge in [0.25, 0.3) is 0 Å². The quantitative estimate of drug-likeness (QED) is 0.898. The van der Waals surface area contributed by atoms with E-state index in [0.717, 1.165) is 35.5 Å². The first kappa shape index (κ1) is 12.5. The third-order valence-corrected chi connectivity index (χ3v) is 2.63. The van der Waals surface area contributed by atoms with Crippen molar-refractivity contribution in [2.24, 2.45) is 0 Å². The van der Waals surface area contributed by atoms with Crippen LogP contribution in [0.3, 0.4) is 0 Å². The van der Waals surface area contributed by atoms with Gasteiger partial charge < -0.3 is 5.73 Å². The Kier molecular flexibility index (Phi) is 3.55. The lowest BCUT2D eigenvalue weighted by Crippen LogP contribution is -2.02. The van der Waals surface area contributed by atoms with Crippen molar-refractivity contribution < 1.29 is 0 Å². The van der Waals surface area contributed by atoms with E-state index in [1.54, 1.807) is 0 Å². The molecule has 0 spiro atoms. The molecule has 18 heavy (non-hydrogen) atoms. The van der Waals surface area contributed by atoms with Crippen LogP contribution < -0.4 is 5.73 Å². The number of pyridine rings is 1. The van der Waals surface area contributed by atoms with E-state index in [2.05, 4.69) is 21.9 Å². The third kappa shape index (κ3) is 2.83. The van der Waals surface area contributed by atoms with Crippen LogP contribution in [0.1, 0.15) is 30.3 Å². The first-order valence-corrected chi connectivity index (χ1v) is 6.17. The summed E-state index contributed by atoms with van der Waals surface area (Å²) in [5, 5.41) is 0. The number of aromatic nitrogens is 3. The van der Waals surface area contributed by atoms with Crippen molar-refractivity contribution in [3.05, 3.63) is 35.2 Å². The molecule has 0 atom stereocenters. The number of aryl methyl sites for hydroxylation is 3. The Balaban J connectivity index is 2.49. The van der Waals surface area contributed by atoms with E-state index in [-0.39, 0.29) is 0 Å².